The molecule has 0 aliphatic heterocycles. The quantitative estimate of drug-likeness (QED) is 0.850. The van der Waals surface area contributed by atoms with Gasteiger partial charge in [-0.05, 0) is 18.6 Å². The third-order valence-electron chi connectivity index (χ3n) is 2.75. The fraction of sp³-hybridized carbons (Fsp3) is 0.385. The molecule has 0 atom stereocenters. The summed E-state index contributed by atoms with van der Waals surface area (Å²) < 4.78 is 27.4. The third kappa shape index (κ3) is 4.23. The second kappa shape index (κ2) is 6.50. The van der Waals surface area contributed by atoms with E-state index in [0.29, 0.717) is 22.5 Å². The SMILES string of the molecule is Cc1cc(S(=O)(=O)Nc2cncnc2)sc1CNC(C)C. The molecule has 0 aliphatic carbocycles. The van der Waals surface area contributed by atoms with Crippen LogP contribution < -0.4 is 10.0 Å². The largest absolute Gasteiger partial charge is 0.310 e. The van der Waals surface area contributed by atoms with Gasteiger partial charge in [0.2, 0.25) is 0 Å². The van der Waals surface area contributed by atoms with E-state index in [1.807, 2.05) is 6.92 Å². The molecular weight excluding hydrogens is 308 g/mol. The number of nitrogens with one attached hydrogen (secondary N) is 2. The fourth-order valence-electron chi connectivity index (χ4n) is 1.65. The van der Waals surface area contributed by atoms with Gasteiger partial charge in [-0.3, -0.25) is 4.72 Å². The normalized spacial score (nSPS) is 11.8. The Morgan fingerprint density at radius 2 is 1.95 bits per heavy atom. The molecule has 0 aromatic carbocycles. The van der Waals surface area contributed by atoms with Gasteiger partial charge in [0.25, 0.3) is 10.0 Å². The summed E-state index contributed by atoms with van der Waals surface area (Å²) >= 11 is 1.27. The third-order valence-corrected chi connectivity index (χ3v) is 5.84. The van der Waals surface area contributed by atoms with Gasteiger partial charge in [0.1, 0.15) is 10.5 Å². The summed E-state index contributed by atoms with van der Waals surface area (Å²) in [6.07, 6.45) is 4.20. The summed E-state index contributed by atoms with van der Waals surface area (Å²) in [4.78, 5) is 8.60. The number of thiophene rings is 1. The first kappa shape index (κ1) is 15.9. The molecule has 0 fully saturated rings. The van der Waals surface area contributed by atoms with Crippen molar-refractivity contribution in [1.82, 2.24) is 15.3 Å². The minimum atomic E-state index is -3.59. The van der Waals surface area contributed by atoms with Crippen LogP contribution in [0.3, 0.4) is 0 Å². The number of nitrogens with zero attached hydrogens (tertiary/aromatic N) is 2. The number of aryl methyl sites for hydroxylation is 1. The first-order valence-corrected chi connectivity index (χ1v) is 8.79. The van der Waals surface area contributed by atoms with Crippen LogP contribution in [0.4, 0.5) is 5.69 Å². The molecule has 0 radical (unpaired) electrons. The minimum absolute atomic E-state index is 0.296. The van der Waals surface area contributed by atoms with Crippen molar-refractivity contribution in [2.75, 3.05) is 4.72 Å². The molecule has 0 unspecified atom stereocenters. The summed E-state index contributed by atoms with van der Waals surface area (Å²) in [6, 6.07) is 2.04. The summed E-state index contributed by atoms with van der Waals surface area (Å²) in [5, 5.41) is 3.29. The molecule has 21 heavy (non-hydrogen) atoms. The summed E-state index contributed by atoms with van der Waals surface area (Å²) in [5.74, 6) is 0. The Hall–Kier alpha value is -1.51. The Balaban J connectivity index is 2.19. The highest BCUT2D eigenvalue weighted by Gasteiger charge is 2.19. The van der Waals surface area contributed by atoms with Gasteiger partial charge in [-0.15, -0.1) is 11.3 Å². The molecule has 8 heteroatoms. The Morgan fingerprint density at radius 3 is 2.57 bits per heavy atom. The number of hydrogen-bond donors (Lipinski definition) is 2. The van der Waals surface area contributed by atoms with Crippen LogP contribution in [0.15, 0.2) is 29.0 Å². The lowest BCUT2D eigenvalue weighted by atomic mass is 10.3. The number of sulfonamides is 1. The molecule has 0 aliphatic rings. The predicted octanol–water partition coefficient (Wildman–Crippen LogP) is 2.15. The average molecular weight is 326 g/mol. The molecule has 0 bridgehead atoms. The van der Waals surface area contributed by atoms with Crippen LogP contribution in [0.25, 0.3) is 0 Å². The van der Waals surface area contributed by atoms with Crippen LogP contribution in [0.2, 0.25) is 0 Å². The van der Waals surface area contributed by atoms with Gasteiger partial charge in [-0.2, -0.15) is 0 Å². The first-order chi connectivity index (χ1) is 9.88. The Bertz CT molecular complexity index is 696. The van der Waals surface area contributed by atoms with Crippen molar-refractivity contribution in [3.63, 3.8) is 0 Å². The van der Waals surface area contributed by atoms with Crippen molar-refractivity contribution in [3.05, 3.63) is 35.2 Å². The highest BCUT2D eigenvalue weighted by atomic mass is 32.2. The first-order valence-electron chi connectivity index (χ1n) is 6.49. The van der Waals surface area contributed by atoms with Crippen LogP contribution in [0, 0.1) is 6.92 Å². The number of aromatic nitrogens is 2. The zero-order valence-electron chi connectivity index (χ0n) is 12.1. The van der Waals surface area contributed by atoms with Gasteiger partial charge in [0.05, 0.1) is 18.1 Å². The molecule has 2 N–H and O–H groups in total. The smallest absolute Gasteiger partial charge is 0.271 e. The molecule has 0 saturated carbocycles. The monoisotopic (exact) mass is 326 g/mol. The number of anilines is 1. The molecule has 0 saturated heterocycles. The summed E-state index contributed by atoms with van der Waals surface area (Å²) in [5.41, 5.74) is 1.32. The van der Waals surface area contributed by atoms with Crippen molar-refractivity contribution in [1.29, 1.82) is 0 Å². The number of hydrogen-bond acceptors (Lipinski definition) is 6. The lowest BCUT2D eigenvalue weighted by Crippen LogP contribution is -2.21. The Kier molecular flexibility index (Phi) is 4.92. The van der Waals surface area contributed by atoms with Crippen LogP contribution in [-0.2, 0) is 16.6 Å². The molecule has 114 valence electrons. The van der Waals surface area contributed by atoms with Gasteiger partial charge in [0, 0.05) is 17.5 Å². The zero-order chi connectivity index (χ0) is 15.5. The van der Waals surface area contributed by atoms with Crippen LogP contribution >= 0.6 is 11.3 Å². The molecule has 2 rings (SSSR count). The highest BCUT2D eigenvalue weighted by Crippen LogP contribution is 2.27. The van der Waals surface area contributed by atoms with Crippen molar-refractivity contribution in [2.45, 2.75) is 37.6 Å². The van der Waals surface area contributed by atoms with Gasteiger partial charge < -0.3 is 5.32 Å². The standard InChI is InChI=1S/C13H18N4O2S2/c1-9(2)16-7-12-10(3)4-13(20-12)21(18,19)17-11-5-14-8-15-6-11/h4-6,8-9,16-17H,7H2,1-3H3. The highest BCUT2D eigenvalue weighted by molar-refractivity contribution is 7.94. The van der Waals surface area contributed by atoms with Crippen LogP contribution in [-0.4, -0.2) is 24.4 Å². The molecular formula is C13H18N4O2S2. The van der Waals surface area contributed by atoms with E-state index >= 15 is 0 Å². The van der Waals surface area contributed by atoms with E-state index in [9.17, 15) is 8.42 Å². The lowest BCUT2D eigenvalue weighted by molar-refractivity contribution is 0.592. The topological polar surface area (TPSA) is 84.0 Å². The van der Waals surface area contributed by atoms with Gasteiger partial charge in [-0.25, -0.2) is 18.4 Å². The van der Waals surface area contributed by atoms with E-state index in [0.717, 1.165) is 10.4 Å². The molecule has 2 aromatic rings. The second-order valence-corrected chi connectivity index (χ2v) is 7.99. The Morgan fingerprint density at radius 1 is 1.29 bits per heavy atom. The molecule has 2 aromatic heterocycles. The van der Waals surface area contributed by atoms with Crippen LogP contribution in [0.5, 0.6) is 0 Å². The summed E-state index contributed by atoms with van der Waals surface area (Å²) in [7, 11) is -3.59. The maximum atomic E-state index is 12.3. The van der Waals surface area contributed by atoms with E-state index in [4.69, 9.17) is 0 Å². The van der Waals surface area contributed by atoms with Crippen molar-refractivity contribution in [2.24, 2.45) is 0 Å². The van der Waals surface area contributed by atoms with E-state index < -0.39 is 10.0 Å². The van der Waals surface area contributed by atoms with Gasteiger partial charge in [0.15, 0.2) is 0 Å². The van der Waals surface area contributed by atoms with E-state index in [2.05, 4.69) is 33.9 Å². The number of rotatable bonds is 6. The molecule has 0 spiro atoms. The lowest BCUT2D eigenvalue weighted by Gasteiger charge is -2.06. The summed E-state index contributed by atoms with van der Waals surface area (Å²) in [6.45, 7) is 6.69. The van der Waals surface area contributed by atoms with Crippen molar-refractivity contribution in [3.8, 4) is 0 Å². The molecule has 0 amide bonds. The van der Waals surface area contributed by atoms with Crippen LogP contribution in [0.1, 0.15) is 24.3 Å². The van der Waals surface area contributed by atoms with E-state index in [1.54, 1.807) is 6.07 Å². The van der Waals surface area contributed by atoms with Crippen molar-refractivity contribution >= 4 is 27.0 Å². The zero-order valence-corrected chi connectivity index (χ0v) is 13.8. The molecule has 2 heterocycles. The van der Waals surface area contributed by atoms with Crippen molar-refractivity contribution < 1.29 is 8.42 Å². The fourth-order valence-corrected chi connectivity index (χ4v) is 4.22. The second-order valence-electron chi connectivity index (χ2n) is 4.94. The predicted molar refractivity (Wildman–Crippen MR) is 83.9 cm³/mol. The van der Waals surface area contributed by atoms with E-state index in [-0.39, 0.29) is 0 Å². The molecule has 6 nitrogen and oxygen atoms in total. The average Bonchev–Trinajstić information content (AvgIpc) is 2.79. The Labute approximate surface area is 128 Å². The maximum absolute atomic E-state index is 12.3. The van der Waals surface area contributed by atoms with Gasteiger partial charge >= 0.3 is 0 Å². The minimum Gasteiger partial charge on any atom is -0.310 e. The maximum Gasteiger partial charge on any atom is 0.271 e. The van der Waals surface area contributed by atoms with Gasteiger partial charge in [-0.1, -0.05) is 13.8 Å². The van der Waals surface area contributed by atoms with E-state index in [1.165, 1.54) is 30.1 Å².